The molecule has 2 heterocycles. The highest BCUT2D eigenvalue weighted by atomic mass is 32.1. The van der Waals surface area contributed by atoms with E-state index in [0.717, 1.165) is 17.9 Å². The Labute approximate surface area is 162 Å². The Bertz CT molecular complexity index is 878. The summed E-state index contributed by atoms with van der Waals surface area (Å²) in [6, 6.07) is 6.82. The van der Waals surface area contributed by atoms with Gasteiger partial charge in [-0.1, -0.05) is 19.9 Å². The minimum absolute atomic E-state index is 0.192. The molecule has 2 atom stereocenters. The summed E-state index contributed by atoms with van der Waals surface area (Å²) < 4.78 is 5.71. The molecule has 2 unspecified atom stereocenters. The molecule has 1 aromatic carbocycles. The highest BCUT2D eigenvalue weighted by Crippen LogP contribution is 2.18. The molecule has 142 valence electrons. The van der Waals surface area contributed by atoms with E-state index in [0.29, 0.717) is 23.7 Å². The van der Waals surface area contributed by atoms with Crippen LogP contribution in [0.4, 0.5) is 0 Å². The van der Waals surface area contributed by atoms with Crippen LogP contribution in [0.2, 0.25) is 0 Å². The van der Waals surface area contributed by atoms with Gasteiger partial charge < -0.3 is 10.1 Å². The van der Waals surface area contributed by atoms with Crippen LogP contribution in [-0.2, 0) is 6.61 Å². The van der Waals surface area contributed by atoms with Gasteiger partial charge in [0.2, 0.25) is 0 Å². The van der Waals surface area contributed by atoms with Crippen LogP contribution in [0.3, 0.4) is 0 Å². The number of ether oxygens (including phenoxy) is 1. The molecule has 0 bridgehead atoms. The number of nitrogens with zero attached hydrogens (tertiary/aromatic N) is 3. The van der Waals surface area contributed by atoms with Crippen molar-refractivity contribution < 1.29 is 9.53 Å². The molecule has 0 aliphatic rings. The van der Waals surface area contributed by atoms with Gasteiger partial charge in [0.15, 0.2) is 5.82 Å². The van der Waals surface area contributed by atoms with Gasteiger partial charge in [0, 0.05) is 16.9 Å². The summed E-state index contributed by atoms with van der Waals surface area (Å²) in [6.07, 6.45) is 0.964. The predicted octanol–water partition coefficient (Wildman–Crippen LogP) is 3.84. The molecular weight excluding hydrogens is 362 g/mol. The third-order valence-corrected chi connectivity index (χ3v) is 4.93. The quantitative estimate of drug-likeness (QED) is 0.614. The van der Waals surface area contributed by atoms with Crippen molar-refractivity contribution in [2.24, 2.45) is 0 Å². The number of H-pyrrole nitrogens is 1. The molecule has 0 spiro atoms. The molecular formula is C19H23N5O2S. The summed E-state index contributed by atoms with van der Waals surface area (Å²) >= 11 is 1.52. The Kier molecular flexibility index (Phi) is 6.18. The van der Waals surface area contributed by atoms with Crippen molar-refractivity contribution >= 4 is 17.2 Å². The number of hydrogen-bond donors (Lipinski definition) is 2. The summed E-state index contributed by atoms with van der Waals surface area (Å²) in [5.74, 6) is 2.13. The number of benzene rings is 1. The lowest BCUT2D eigenvalue weighted by Gasteiger charge is -2.12. The summed E-state index contributed by atoms with van der Waals surface area (Å²) in [5, 5.41) is 12.0. The maximum atomic E-state index is 12.6. The predicted molar refractivity (Wildman–Crippen MR) is 104 cm³/mol. The monoisotopic (exact) mass is 385 g/mol. The lowest BCUT2D eigenvalue weighted by atomic mass is 10.1. The molecule has 3 rings (SSSR count). The Morgan fingerprint density at radius 2 is 2.22 bits per heavy atom. The first-order valence-corrected chi connectivity index (χ1v) is 9.84. The Morgan fingerprint density at radius 1 is 1.37 bits per heavy atom. The summed E-state index contributed by atoms with van der Waals surface area (Å²) in [5.41, 5.74) is 3.16. The number of aromatic amines is 1. The van der Waals surface area contributed by atoms with Crippen LogP contribution >= 0.6 is 11.3 Å². The first-order chi connectivity index (χ1) is 13.1. The normalized spacial score (nSPS) is 13.1. The number of aromatic nitrogens is 4. The zero-order valence-electron chi connectivity index (χ0n) is 15.6. The SMILES string of the molecule is CCC(C)c1n[nH]c(C(C)NC(=O)c2cccc(OCc3cscn3)c2)n1. The molecule has 8 heteroatoms. The Morgan fingerprint density at radius 3 is 2.96 bits per heavy atom. The van der Waals surface area contributed by atoms with Crippen molar-refractivity contribution in [3.63, 3.8) is 0 Å². The van der Waals surface area contributed by atoms with E-state index in [-0.39, 0.29) is 17.9 Å². The van der Waals surface area contributed by atoms with Gasteiger partial charge >= 0.3 is 0 Å². The molecule has 0 aliphatic carbocycles. The lowest BCUT2D eigenvalue weighted by Crippen LogP contribution is -2.27. The smallest absolute Gasteiger partial charge is 0.251 e. The topological polar surface area (TPSA) is 92.8 Å². The lowest BCUT2D eigenvalue weighted by molar-refractivity contribution is 0.0938. The molecule has 2 aromatic heterocycles. The Balaban J connectivity index is 1.61. The number of nitrogens with one attached hydrogen (secondary N) is 2. The minimum Gasteiger partial charge on any atom is -0.487 e. The van der Waals surface area contributed by atoms with Crippen LogP contribution in [0, 0.1) is 0 Å². The van der Waals surface area contributed by atoms with E-state index >= 15 is 0 Å². The van der Waals surface area contributed by atoms with E-state index in [1.165, 1.54) is 11.3 Å². The molecule has 27 heavy (non-hydrogen) atoms. The van der Waals surface area contributed by atoms with Gasteiger partial charge in [0.25, 0.3) is 5.91 Å². The number of thiazole rings is 1. The van der Waals surface area contributed by atoms with Crippen molar-refractivity contribution in [2.45, 2.75) is 45.8 Å². The molecule has 3 aromatic rings. The van der Waals surface area contributed by atoms with Gasteiger partial charge in [-0.05, 0) is 31.5 Å². The maximum Gasteiger partial charge on any atom is 0.251 e. The molecule has 0 fully saturated rings. The first kappa shape index (κ1) is 19.0. The van der Waals surface area contributed by atoms with E-state index in [4.69, 9.17) is 4.74 Å². The van der Waals surface area contributed by atoms with Crippen molar-refractivity contribution in [1.29, 1.82) is 0 Å². The van der Waals surface area contributed by atoms with Gasteiger partial charge in [-0.3, -0.25) is 9.89 Å². The van der Waals surface area contributed by atoms with Crippen molar-refractivity contribution in [2.75, 3.05) is 0 Å². The van der Waals surface area contributed by atoms with Gasteiger partial charge in [-0.15, -0.1) is 11.3 Å². The van der Waals surface area contributed by atoms with E-state index in [1.807, 2.05) is 18.4 Å². The van der Waals surface area contributed by atoms with E-state index in [1.54, 1.807) is 23.7 Å². The zero-order chi connectivity index (χ0) is 19.2. The van der Waals surface area contributed by atoms with Crippen molar-refractivity contribution in [1.82, 2.24) is 25.5 Å². The highest BCUT2D eigenvalue weighted by Gasteiger charge is 2.17. The number of amides is 1. The largest absolute Gasteiger partial charge is 0.487 e. The molecule has 0 saturated carbocycles. The van der Waals surface area contributed by atoms with Gasteiger partial charge in [-0.25, -0.2) is 9.97 Å². The fraction of sp³-hybridized carbons (Fsp3) is 0.368. The van der Waals surface area contributed by atoms with Crippen molar-refractivity contribution in [3.8, 4) is 5.75 Å². The van der Waals surface area contributed by atoms with Crippen LogP contribution in [0.5, 0.6) is 5.75 Å². The van der Waals surface area contributed by atoms with Gasteiger partial charge in [-0.2, -0.15) is 5.10 Å². The third-order valence-electron chi connectivity index (χ3n) is 4.30. The van der Waals surface area contributed by atoms with E-state index in [9.17, 15) is 4.79 Å². The molecule has 1 amide bonds. The number of carbonyl (C=O) groups is 1. The summed E-state index contributed by atoms with van der Waals surface area (Å²) in [4.78, 5) is 21.2. The van der Waals surface area contributed by atoms with Crippen LogP contribution in [-0.4, -0.2) is 26.1 Å². The fourth-order valence-corrected chi connectivity index (χ4v) is 2.97. The third kappa shape index (κ3) is 4.91. The maximum absolute atomic E-state index is 12.6. The fourth-order valence-electron chi connectivity index (χ4n) is 2.43. The second-order valence-electron chi connectivity index (χ2n) is 6.38. The van der Waals surface area contributed by atoms with Gasteiger partial charge in [0.1, 0.15) is 18.2 Å². The average Bonchev–Trinajstić information content (AvgIpc) is 3.38. The summed E-state index contributed by atoms with van der Waals surface area (Å²) in [7, 11) is 0. The molecule has 7 nitrogen and oxygen atoms in total. The van der Waals surface area contributed by atoms with Gasteiger partial charge in [0.05, 0.1) is 17.2 Å². The molecule has 0 aliphatic heterocycles. The minimum atomic E-state index is -0.276. The standard InChI is InChI=1S/C19H23N5O2S/c1-4-12(2)17-22-18(24-23-17)13(3)21-19(25)14-6-5-7-16(8-14)26-9-15-10-27-11-20-15/h5-8,10-13H,4,9H2,1-3H3,(H,21,25)(H,22,23,24). The van der Waals surface area contributed by atoms with E-state index < -0.39 is 0 Å². The first-order valence-electron chi connectivity index (χ1n) is 8.89. The highest BCUT2D eigenvalue weighted by molar-refractivity contribution is 7.07. The zero-order valence-corrected chi connectivity index (χ0v) is 16.4. The number of rotatable bonds is 8. The van der Waals surface area contributed by atoms with Crippen LogP contribution in [0.25, 0.3) is 0 Å². The second-order valence-corrected chi connectivity index (χ2v) is 7.10. The number of hydrogen-bond acceptors (Lipinski definition) is 6. The number of carbonyl (C=O) groups excluding carboxylic acids is 1. The summed E-state index contributed by atoms with van der Waals surface area (Å²) in [6.45, 7) is 6.42. The van der Waals surface area contributed by atoms with Crippen LogP contribution in [0.1, 0.15) is 66.9 Å². The average molecular weight is 385 g/mol. The molecule has 2 N–H and O–H groups in total. The van der Waals surface area contributed by atoms with Crippen molar-refractivity contribution in [3.05, 3.63) is 58.1 Å². The molecule has 0 saturated heterocycles. The second kappa shape index (κ2) is 8.77. The molecule has 0 radical (unpaired) electrons. The van der Waals surface area contributed by atoms with Crippen LogP contribution < -0.4 is 10.1 Å². The van der Waals surface area contributed by atoms with Crippen LogP contribution in [0.15, 0.2) is 35.2 Å². The van der Waals surface area contributed by atoms with E-state index in [2.05, 4.69) is 39.3 Å². The Hall–Kier alpha value is -2.74.